The van der Waals surface area contributed by atoms with E-state index >= 15 is 0 Å². The number of carbonyl (C=O) groups is 2. The van der Waals surface area contributed by atoms with Gasteiger partial charge in [0.2, 0.25) is 0 Å². The number of esters is 1. The minimum atomic E-state index is -0.991. The molecular weight excluding hydrogens is 719 g/mol. The number of benzene rings is 3. The molecule has 3 aromatic carbocycles. The maximum absolute atomic E-state index is 12.9. The topological polar surface area (TPSA) is 148 Å². The van der Waals surface area contributed by atoms with Gasteiger partial charge < -0.3 is 35.8 Å². The van der Waals surface area contributed by atoms with Crippen LogP contribution in [0.4, 0.5) is 17.1 Å². The van der Waals surface area contributed by atoms with E-state index in [4.69, 9.17) is 9.47 Å². The monoisotopic (exact) mass is 788 g/mol. The molecule has 3 aromatic rings. The molecule has 0 saturated carbocycles. The Morgan fingerprint density at radius 2 is 1.19 bits per heavy atom. The van der Waals surface area contributed by atoms with E-state index in [1.54, 1.807) is 24.3 Å². The zero-order valence-corrected chi connectivity index (χ0v) is 35.5. The molecule has 0 bridgehead atoms. The predicted molar refractivity (Wildman–Crippen MR) is 231 cm³/mol. The van der Waals surface area contributed by atoms with Crippen LogP contribution in [-0.4, -0.2) is 66.6 Å². The van der Waals surface area contributed by atoms with Crippen LogP contribution in [0.25, 0.3) is 0 Å². The molecular formula is C45H69N7O5. The lowest BCUT2D eigenvalue weighted by atomic mass is 10.0. The summed E-state index contributed by atoms with van der Waals surface area (Å²) in [6.45, 7) is 15.5. The van der Waals surface area contributed by atoms with Crippen molar-refractivity contribution in [2.45, 2.75) is 131 Å². The Bertz CT molecular complexity index is 1630. The molecule has 0 aliphatic carbocycles. The average molecular weight is 788 g/mol. The van der Waals surface area contributed by atoms with Crippen molar-refractivity contribution in [2.24, 2.45) is 11.8 Å². The number of amides is 1. The van der Waals surface area contributed by atoms with E-state index in [1.165, 1.54) is 0 Å². The number of nitrogens with one attached hydrogen (secondary N) is 6. The third kappa shape index (κ3) is 14.9. The van der Waals surface area contributed by atoms with Gasteiger partial charge in [0.05, 0.1) is 18.8 Å². The average Bonchev–Trinajstić information content (AvgIpc) is 3.19. The SMILES string of the molecule is CCCCC(CC)COC(=O)c1ccc(NC2NC(Nc3ccc(C(=O)NC(C)(C)C)cc3)NC(Nc3ccc(C(O)OCC(CC)CCCC)cc3)N2C)cc1. The summed E-state index contributed by atoms with van der Waals surface area (Å²) in [5, 5.41) is 31.6. The van der Waals surface area contributed by atoms with Crippen LogP contribution in [0, 0.1) is 11.8 Å². The molecule has 1 aliphatic rings. The smallest absolute Gasteiger partial charge is 0.338 e. The molecule has 1 fully saturated rings. The van der Waals surface area contributed by atoms with Crippen molar-refractivity contribution in [3.63, 3.8) is 0 Å². The second-order valence-electron chi connectivity index (χ2n) is 16.3. The van der Waals surface area contributed by atoms with Crippen LogP contribution in [0.2, 0.25) is 0 Å². The van der Waals surface area contributed by atoms with Gasteiger partial charge in [-0.05, 0) is 113 Å². The van der Waals surface area contributed by atoms with Crippen molar-refractivity contribution >= 4 is 28.9 Å². The van der Waals surface area contributed by atoms with E-state index in [1.807, 2.05) is 76.3 Å². The normalized spacial score (nSPS) is 18.9. The highest BCUT2D eigenvalue weighted by molar-refractivity contribution is 5.95. The number of nitrogens with zero attached hydrogens (tertiary/aromatic N) is 1. The minimum absolute atomic E-state index is 0.128. The van der Waals surface area contributed by atoms with Crippen molar-refractivity contribution in [2.75, 3.05) is 36.2 Å². The summed E-state index contributed by atoms with van der Waals surface area (Å²) < 4.78 is 11.5. The lowest BCUT2D eigenvalue weighted by molar-refractivity contribution is -0.114. The molecule has 7 N–H and O–H groups in total. The van der Waals surface area contributed by atoms with Crippen molar-refractivity contribution in [1.29, 1.82) is 0 Å². The Morgan fingerprint density at radius 1 is 0.719 bits per heavy atom. The molecule has 1 aliphatic heterocycles. The highest BCUT2D eigenvalue weighted by Gasteiger charge is 2.32. The Balaban J connectivity index is 1.45. The molecule has 57 heavy (non-hydrogen) atoms. The van der Waals surface area contributed by atoms with Gasteiger partial charge in [-0.2, -0.15) is 0 Å². The molecule has 12 nitrogen and oxygen atoms in total. The van der Waals surface area contributed by atoms with Crippen LogP contribution in [-0.2, 0) is 9.47 Å². The van der Waals surface area contributed by atoms with Crippen molar-refractivity contribution in [1.82, 2.24) is 20.9 Å². The first-order valence-electron chi connectivity index (χ1n) is 20.9. The largest absolute Gasteiger partial charge is 0.462 e. The first kappa shape index (κ1) is 45.5. The van der Waals surface area contributed by atoms with Crippen molar-refractivity contribution < 1.29 is 24.2 Å². The van der Waals surface area contributed by atoms with Crippen LogP contribution in [0.5, 0.6) is 0 Å². The fraction of sp³-hybridized carbons (Fsp3) is 0.556. The van der Waals surface area contributed by atoms with Crippen LogP contribution in [0.1, 0.15) is 132 Å². The number of hydrogen-bond acceptors (Lipinski definition) is 11. The molecule has 1 saturated heterocycles. The first-order chi connectivity index (χ1) is 27.3. The number of aliphatic hydroxyl groups excluding tert-OH is 1. The van der Waals surface area contributed by atoms with Crippen molar-refractivity contribution in [3.05, 3.63) is 89.5 Å². The summed E-state index contributed by atoms with van der Waals surface area (Å²) in [6.07, 6.45) is 6.62. The third-order valence-electron chi connectivity index (χ3n) is 10.4. The summed E-state index contributed by atoms with van der Waals surface area (Å²) >= 11 is 0. The van der Waals surface area contributed by atoms with Crippen LogP contribution >= 0.6 is 0 Å². The number of carbonyl (C=O) groups excluding carboxylic acids is 2. The van der Waals surface area contributed by atoms with Crippen LogP contribution in [0.3, 0.4) is 0 Å². The van der Waals surface area contributed by atoms with E-state index in [0.29, 0.717) is 41.7 Å². The van der Waals surface area contributed by atoms with Gasteiger partial charge in [0.1, 0.15) is 18.9 Å². The highest BCUT2D eigenvalue weighted by Crippen LogP contribution is 2.23. The maximum Gasteiger partial charge on any atom is 0.338 e. The molecule has 314 valence electrons. The summed E-state index contributed by atoms with van der Waals surface area (Å²) in [4.78, 5) is 27.7. The summed E-state index contributed by atoms with van der Waals surface area (Å²) in [7, 11) is 1.98. The number of rotatable bonds is 22. The summed E-state index contributed by atoms with van der Waals surface area (Å²) in [5.41, 5.74) is 3.93. The molecule has 0 radical (unpaired) electrons. The van der Waals surface area contributed by atoms with Gasteiger partial charge in [0.25, 0.3) is 5.91 Å². The number of aliphatic hydroxyl groups is 1. The summed E-state index contributed by atoms with van der Waals surface area (Å²) in [5.74, 6) is 0.370. The van der Waals surface area contributed by atoms with E-state index in [9.17, 15) is 14.7 Å². The van der Waals surface area contributed by atoms with E-state index in [-0.39, 0.29) is 30.0 Å². The molecule has 1 heterocycles. The van der Waals surface area contributed by atoms with E-state index < -0.39 is 12.6 Å². The second-order valence-corrected chi connectivity index (χ2v) is 16.3. The predicted octanol–water partition coefficient (Wildman–Crippen LogP) is 8.42. The number of unbranched alkanes of at least 4 members (excludes halogenated alkanes) is 2. The van der Waals surface area contributed by atoms with Gasteiger partial charge in [0.15, 0.2) is 6.29 Å². The molecule has 12 heteroatoms. The van der Waals surface area contributed by atoms with E-state index in [0.717, 1.165) is 68.4 Å². The highest BCUT2D eigenvalue weighted by atomic mass is 16.6. The van der Waals surface area contributed by atoms with Crippen molar-refractivity contribution in [3.8, 4) is 0 Å². The van der Waals surface area contributed by atoms with Crippen LogP contribution < -0.4 is 31.9 Å². The molecule has 6 unspecified atom stereocenters. The number of anilines is 3. The van der Waals surface area contributed by atoms with Gasteiger partial charge >= 0.3 is 5.97 Å². The quantitative estimate of drug-likeness (QED) is 0.0389. The van der Waals surface area contributed by atoms with Gasteiger partial charge in [-0.1, -0.05) is 78.4 Å². The minimum Gasteiger partial charge on any atom is -0.462 e. The van der Waals surface area contributed by atoms with Gasteiger partial charge in [-0.15, -0.1) is 0 Å². The Hall–Kier alpha value is -4.20. The lowest BCUT2D eigenvalue weighted by Crippen LogP contribution is -2.73. The molecule has 6 atom stereocenters. The zero-order valence-electron chi connectivity index (χ0n) is 35.5. The number of hydrogen-bond donors (Lipinski definition) is 7. The fourth-order valence-corrected chi connectivity index (χ4v) is 6.57. The zero-order chi connectivity index (χ0) is 41.4. The van der Waals surface area contributed by atoms with E-state index in [2.05, 4.69) is 64.5 Å². The molecule has 0 aromatic heterocycles. The lowest BCUT2D eigenvalue weighted by Gasteiger charge is -2.46. The van der Waals surface area contributed by atoms with Gasteiger partial charge in [-0.3, -0.25) is 15.4 Å². The second kappa shape index (κ2) is 22.7. The van der Waals surface area contributed by atoms with Gasteiger partial charge in [0, 0.05) is 33.7 Å². The third-order valence-corrected chi connectivity index (χ3v) is 10.4. The Morgan fingerprint density at radius 3 is 1.68 bits per heavy atom. The first-order valence-corrected chi connectivity index (χ1v) is 20.9. The Labute approximate surface area is 341 Å². The fourth-order valence-electron chi connectivity index (χ4n) is 6.57. The molecule has 1 amide bonds. The molecule has 0 spiro atoms. The maximum atomic E-state index is 12.9. The number of ether oxygens (including phenoxy) is 2. The summed E-state index contributed by atoms with van der Waals surface area (Å²) in [6, 6.07) is 22.3. The van der Waals surface area contributed by atoms with Gasteiger partial charge in [-0.25, -0.2) is 9.69 Å². The Kier molecular flexibility index (Phi) is 18.1. The molecule has 4 rings (SSSR count). The van der Waals surface area contributed by atoms with Crippen LogP contribution in [0.15, 0.2) is 72.8 Å². The standard InChI is InChI=1S/C45H69N7O5/c1-9-13-15-31(11-3)29-56-40(54)34-19-25-37(26-20-34)47-43-49-42(46-36-23-17-33(18-24-36)39(53)51-45(5,6)7)50-44(52(43)8)48-38-27-21-35(22-28-38)41(55)57-30-32(12-4)16-14-10-2/h17-28,31-32,40,42-44,46-50,54H,9-16,29-30H2,1-8H3,(H,51,53).